The van der Waals surface area contributed by atoms with Gasteiger partial charge in [-0.05, 0) is 39.3 Å². The van der Waals surface area contributed by atoms with Gasteiger partial charge in [-0.15, -0.1) is 12.4 Å². The van der Waals surface area contributed by atoms with Crippen molar-refractivity contribution in [2.45, 2.75) is 32.3 Å². The maximum atomic E-state index is 8.99. The lowest BCUT2D eigenvalue weighted by Gasteiger charge is -2.14. The Morgan fingerprint density at radius 1 is 1.36 bits per heavy atom. The van der Waals surface area contributed by atoms with E-state index in [4.69, 9.17) is 5.11 Å². The first-order valence-corrected chi connectivity index (χ1v) is 4.19. The van der Waals surface area contributed by atoms with E-state index >= 15 is 0 Å². The number of hydrogen-bond donors (Lipinski definition) is 1. The molecule has 1 aliphatic heterocycles. The van der Waals surface area contributed by atoms with Crippen molar-refractivity contribution < 1.29 is 5.11 Å². The maximum absolute atomic E-state index is 8.99. The fourth-order valence-corrected chi connectivity index (χ4v) is 1.38. The summed E-state index contributed by atoms with van der Waals surface area (Å²) >= 11 is 0. The largest absolute Gasteiger partial charge is 0.393 e. The summed E-state index contributed by atoms with van der Waals surface area (Å²) in [6.45, 7) is 5.42. The molecule has 0 saturated carbocycles. The number of halogens is 1. The molecule has 0 aromatic heterocycles. The van der Waals surface area contributed by atoms with E-state index in [0.29, 0.717) is 0 Å². The molecular formula is C8H18ClNO. The molecule has 0 radical (unpaired) electrons. The predicted octanol–water partition coefficient (Wildman–Crippen LogP) is 1.27. The number of rotatable bonds is 3. The third-order valence-corrected chi connectivity index (χ3v) is 2.06. The van der Waals surface area contributed by atoms with E-state index in [0.717, 1.165) is 13.0 Å². The topological polar surface area (TPSA) is 23.5 Å². The van der Waals surface area contributed by atoms with Crippen molar-refractivity contribution in [3.05, 3.63) is 0 Å². The van der Waals surface area contributed by atoms with E-state index in [2.05, 4.69) is 4.90 Å². The van der Waals surface area contributed by atoms with Crippen molar-refractivity contribution >= 4 is 12.4 Å². The second-order valence-corrected chi connectivity index (χ2v) is 3.19. The molecule has 0 aromatic carbocycles. The average molecular weight is 180 g/mol. The lowest BCUT2D eigenvalue weighted by molar-refractivity contribution is 0.164. The molecule has 0 aromatic rings. The lowest BCUT2D eigenvalue weighted by atomic mass is 10.3. The molecule has 0 amide bonds. The summed E-state index contributed by atoms with van der Waals surface area (Å²) in [5, 5.41) is 8.99. The summed E-state index contributed by atoms with van der Waals surface area (Å²) in [4.78, 5) is 2.42. The van der Waals surface area contributed by atoms with Crippen molar-refractivity contribution in [1.29, 1.82) is 0 Å². The molecule has 0 spiro atoms. The van der Waals surface area contributed by atoms with Crippen LogP contribution in [0, 0.1) is 0 Å². The molecule has 0 bridgehead atoms. The van der Waals surface area contributed by atoms with Crippen LogP contribution in [-0.4, -0.2) is 35.7 Å². The van der Waals surface area contributed by atoms with Gasteiger partial charge in [-0.25, -0.2) is 0 Å². The van der Waals surface area contributed by atoms with Crippen LogP contribution < -0.4 is 0 Å². The van der Waals surface area contributed by atoms with Gasteiger partial charge < -0.3 is 10.0 Å². The summed E-state index contributed by atoms with van der Waals surface area (Å²) in [6, 6.07) is 0. The third kappa shape index (κ3) is 4.62. The van der Waals surface area contributed by atoms with E-state index in [-0.39, 0.29) is 18.5 Å². The Kier molecular flexibility index (Phi) is 5.92. The van der Waals surface area contributed by atoms with E-state index in [1.807, 2.05) is 6.92 Å². The van der Waals surface area contributed by atoms with Crippen molar-refractivity contribution in [2.24, 2.45) is 0 Å². The fourth-order valence-electron chi connectivity index (χ4n) is 1.38. The number of hydrogen-bond acceptors (Lipinski definition) is 2. The molecule has 1 heterocycles. The highest BCUT2D eigenvalue weighted by Crippen LogP contribution is 2.07. The van der Waals surface area contributed by atoms with E-state index in [1.54, 1.807) is 0 Å². The number of nitrogens with zero attached hydrogens (tertiary/aromatic N) is 1. The first kappa shape index (κ1) is 11.2. The van der Waals surface area contributed by atoms with Crippen LogP contribution in [0.4, 0.5) is 0 Å². The van der Waals surface area contributed by atoms with Crippen molar-refractivity contribution in [3.8, 4) is 0 Å². The SMILES string of the molecule is CC(O)CCN1CCCC1.Cl. The minimum Gasteiger partial charge on any atom is -0.393 e. The van der Waals surface area contributed by atoms with Crippen molar-refractivity contribution in [1.82, 2.24) is 4.90 Å². The molecule has 1 atom stereocenters. The highest BCUT2D eigenvalue weighted by atomic mass is 35.5. The molecule has 1 fully saturated rings. The summed E-state index contributed by atoms with van der Waals surface area (Å²) in [7, 11) is 0. The Labute approximate surface area is 75.0 Å². The quantitative estimate of drug-likeness (QED) is 0.706. The molecule has 1 rings (SSSR count). The number of aliphatic hydroxyl groups excluding tert-OH is 1. The van der Waals surface area contributed by atoms with Gasteiger partial charge in [0.15, 0.2) is 0 Å². The monoisotopic (exact) mass is 179 g/mol. The zero-order chi connectivity index (χ0) is 7.40. The molecule has 0 aliphatic carbocycles. The van der Waals surface area contributed by atoms with E-state index < -0.39 is 0 Å². The van der Waals surface area contributed by atoms with Gasteiger partial charge in [-0.3, -0.25) is 0 Å². The van der Waals surface area contributed by atoms with Crippen LogP contribution in [0.15, 0.2) is 0 Å². The van der Waals surface area contributed by atoms with Crippen molar-refractivity contribution in [2.75, 3.05) is 19.6 Å². The van der Waals surface area contributed by atoms with Crippen LogP contribution in [0.5, 0.6) is 0 Å². The minimum atomic E-state index is -0.124. The van der Waals surface area contributed by atoms with E-state index in [1.165, 1.54) is 25.9 Å². The minimum absolute atomic E-state index is 0. The Morgan fingerprint density at radius 2 is 1.91 bits per heavy atom. The molecule has 1 N–H and O–H groups in total. The fraction of sp³-hybridized carbons (Fsp3) is 1.00. The summed E-state index contributed by atoms with van der Waals surface area (Å²) in [5.74, 6) is 0. The number of likely N-dealkylation sites (tertiary alicyclic amines) is 1. The van der Waals surface area contributed by atoms with Gasteiger partial charge in [0.1, 0.15) is 0 Å². The molecule has 68 valence electrons. The Morgan fingerprint density at radius 3 is 2.36 bits per heavy atom. The highest BCUT2D eigenvalue weighted by Gasteiger charge is 2.10. The standard InChI is InChI=1S/C8H17NO.ClH/c1-8(10)4-7-9-5-2-3-6-9;/h8,10H,2-7H2,1H3;1H. The van der Waals surface area contributed by atoms with Gasteiger partial charge in [0.25, 0.3) is 0 Å². The van der Waals surface area contributed by atoms with Gasteiger partial charge in [0.2, 0.25) is 0 Å². The van der Waals surface area contributed by atoms with E-state index in [9.17, 15) is 0 Å². The molecular weight excluding hydrogens is 162 g/mol. The van der Waals surface area contributed by atoms with Crippen LogP contribution in [0.25, 0.3) is 0 Å². The van der Waals surface area contributed by atoms with Crippen LogP contribution in [0.3, 0.4) is 0 Å². The molecule has 3 heteroatoms. The Bertz CT molecular complexity index is 92.1. The lowest BCUT2D eigenvalue weighted by Crippen LogP contribution is -2.23. The van der Waals surface area contributed by atoms with Crippen LogP contribution in [-0.2, 0) is 0 Å². The van der Waals surface area contributed by atoms with Gasteiger partial charge in [0.05, 0.1) is 6.10 Å². The summed E-state index contributed by atoms with van der Waals surface area (Å²) in [6.07, 6.45) is 3.50. The van der Waals surface area contributed by atoms with Gasteiger partial charge in [-0.1, -0.05) is 0 Å². The van der Waals surface area contributed by atoms with Gasteiger partial charge >= 0.3 is 0 Å². The highest BCUT2D eigenvalue weighted by molar-refractivity contribution is 5.85. The molecule has 1 aliphatic rings. The molecule has 2 nitrogen and oxygen atoms in total. The van der Waals surface area contributed by atoms with Crippen LogP contribution in [0.2, 0.25) is 0 Å². The first-order chi connectivity index (χ1) is 4.79. The normalized spacial score (nSPS) is 21.3. The summed E-state index contributed by atoms with van der Waals surface area (Å²) < 4.78 is 0. The predicted molar refractivity (Wildman–Crippen MR) is 49.2 cm³/mol. The van der Waals surface area contributed by atoms with Crippen molar-refractivity contribution in [3.63, 3.8) is 0 Å². The maximum Gasteiger partial charge on any atom is 0.0524 e. The summed E-state index contributed by atoms with van der Waals surface area (Å²) in [5.41, 5.74) is 0. The zero-order valence-electron chi connectivity index (χ0n) is 7.12. The average Bonchev–Trinajstić information content (AvgIpc) is 2.34. The second-order valence-electron chi connectivity index (χ2n) is 3.19. The first-order valence-electron chi connectivity index (χ1n) is 4.19. The zero-order valence-corrected chi connectivity index (χ0v) is 7.94. The van der Waals surface area contributed by atoms with Crippen LogP contribution in [0.1, 0.15) is 26.2 Å². The Hall–Kier alpha value is 0.210. The second kappa shape index (κ2) is 5.81. The van der Waals surface area contributed by atoms with Crippen LogP contribution >= 0.6 is 12.4 Å². The molecule has 1 unspecified atom stereocenters. The molecule has 11 heavy (non-hydrogen) atoms. The van der Waals surface area contributed by atoms with Gasteiger partial charge in [-0.2, -0.15) is 0 Å². The molecule has 1 saturated heterocycles. The number of aliphatic hydroxyl groups is 1. The van der Waals surface area contributed by atoms with Gasteiger partial charge in [0, 0.05) is 6.54 Å². The Balaban J connectivity index is 0.000001000. The smallest absolute Gasteiger partial charge is 0.0524 e. The third-order valence-electron chi connectivity index (χ3n) is 2.06.